The van der Waals surface area contributed by atoms with Crippen LogP contribution < -0.4 is 20.1 Å². The molecule has 1 aliphatic carbocycles. The summed E-state index contributed by atoms with van der Waals surface area (Å²) in [5, 5.41) is 11.0. The Morgan fingerprint density at radius 2 is 1.74 bits per heavy atom. The van der Waals surface area contributed by atoms with Gasteiger partial charge in [0.2, 0.25) is 0 Å². The molecule has 0 aromatic heterocycles. The normalized spacial score (nSPS) is 18.1. The van der Waals surface area contributed by atoms with Crippen LogP contribution in [0.3, 0.4) is 0 Å². The molecule has 1 unspecified atom stereocenters. The molecule has 10 heteroatoms. The molecular formula is C32H27Br3ClN3O3. The Balaban J connectivity index is 1.63. The van der Waals surface area contributed by atoms with Crippen molar-refractivity contribution in [3.63, 3.8) is 0 Å². The minimum Gasteiger partial charge on any atom is -0.496 e. The van der Waals surface area contributed by atoms with Gasteiger partial charge in [-0.2, -0.15) is 5.26 Å². The standard InChI is InChI=1S/C32H27Br3ClN3O3/c1-32(2)13-25-29(26(40)14-32)28(22(15-37)31(38)39(25)21-7-5-20(36)6-8-21)17-4-9-27(41-3)18(10-17)16-42-30-23(34)11-19(33)12-24(30)35/h4-12,28H,13-14,16,38H2,1-3H3. The molecule has 6 nitrogen and oxygen atoms in total. The van der Waals surface area contributed by atoms with Crippen LogP contribution in [-0.2, 0) is 11.4 Å². The maximum absolute atomic E-state index is 13.9. The lowest BCUT2D eigenvalue weighted by Gasteiger charge is -2.43. The van der Waals surface area contributed by atoms with Crippen LogP contribution in [0, 0.1) is 16.7 Å². The van der Waals surface area contributed by atoms with E-state index in [1.54, 1.807) is 19.2 Å². The largest absolute Gasteiger partial charge is 0.496 e. The molecule has 0 fully saturated rings. The maximum atomic E-state index is 13.9. The van der Waals surface area contributed by atoms with Crippen molar-refractivity contribution in [2.75, 3.05) is 12.0 Å². The van der Waals surface area contributed by atoms with Crippen LogP contribution in [0.1, 0.15) is 43.7 Å². The van der Waals surface area contributed by atoms with Crippen molar-refractivity contribution in [1.82, 2.24) is 0 Å². The molecule has 5 rings (SSSR count). The average Bonchev–Trinajstić information content (AvgIpc) is 2.92. The zero-order valence-corrected chi connectivity index (χ0v) is 28.6. The second-order valence-electron chi connectivity index (χ2n) is 11.0. The Kier molecular flexibility index (Phi) is 8.82. The van der Waals surface area contributed by atoms with Gasteiger partial charge in [0.15, 0.2) is 5.78 Å². The van der Waals surface area contributed by atoms with E-state index in [-0.39, 0.29) is 17.8 Å². The number of halogens is 4. The highest BCUT2D eigenvalue weighted by molar-refractivity contribution is 9.11. The minimum absolute atomic E-state index is 0.00167. The van der Waals surface area contributed by atoms with Crippen LogP contribution in [0.15, 0.2) is 90.7 Å². The summed E-state index contributed by atoms with van der Waals surface area (Å²) in [6, 6.07) is 19.0. The molecule has 0 amide bonds. The van der Waals surface area contributed by atoms with Crippen LogP contribution in [0.25, 0.3) is 0 Å². The molecule has 1 heterocycles. The van der Waals surface area contributed by atoms with Gasteiger partial charge in [-0.25, -0.2) is 0 Å². The van der Waals surface area contributed by atoms with Crippen LogP contribution in [0.2, 0.25) is 5.02 Å². The van der Waals surface area contributed by atoms with Gasteiger partial charge in [-0.1, -0.05) is 47.4 Å². The summed E-state index contributed by atoms with van der Waals surface area (Å²) in [7, 11) is 1.60. The lowest BCUT2D eigenvalue weighted by molar-refractivity contribution is -0.118. The fourth-order valence-corrected chi connectivity index (χ4v) is 8.25. The molecule has 1 atom stereocenters. The van der Waals surface area contributed by atoms with Crippen LogP contribution in [0.4, 0.5) is 5.69 Å². The van der Waals surface area contributed by atoms with E-state index >= 15 is 0 Å². The second kappa shape index (κ2) is 12.1. The molecule has 1 aliphatic heterocycles. The SMILES string of the molecule is COc1ccc(C2C(C#N)=C(N)N(c3ccc(Cl)cc3)C3=C2C(=O)CC(C)(C)C3)cc1COc1c(Br)cc(Br)cc1Br. The summed E-state index contributed by atoms with van der Waals surface area (Å²) in [5.41, 5.74) is 10.5. The number of carbonyl (C=O) groups excluding carboxylic acids is 1. The first-order chi connectivity index (χ1) is 19.9. The van der Waals surface area contributed by atoms with Gasteiger partial charge in [-0.3, -0.25) is 9.69 Å². The van der Waals surface area contributed by atoms with E-state index in [1.165, 1.54) is 0 Å². The number of methoxy groups -OCH3 is 1. The number of hydrogen-bond acceptors (Lipinski definition) is 6. The van der Waals surface area contributed by atoms with E-state index in [0.29, 0.717) is 46.3 Å². The predicted octanol–water partition coefficient (Wildman–Crippen LogP) is 9.16. The third-order valence-corrected chi connectivity index (χ3v) is 9.33. The average molecular weight is 777 g/mol. The number of nitrogens with two attached hydrogens (primary N) is 1. The lowest BCUT2D eigenvalue weighted by atomic mass is 9.68. The number of ketones is 1. The number of nitrogens with zero attached hydrogens (tertiary/aromatic N) is 2. The number of hydrogen-bond donors (Lipinski definition) is 1. The number of ether oxygens (including phenoxy) is 2. The number of carbonyl (C=O) groups is 1. The van der Waals surface area contributed by atoms with Crippen LogP contribution >= 0.6 is 59.4 Å². The van der Waals surface area contributed by atoms with Gasteiger partial charge in [0.25, 0.3) is 0 Å². The summed E-state index contributed by atoms with van der Waals surface area (Å²) in [5.74, 6) is 0.932. The molecule has 3 aromatic carbocycles. The van der Waals surface area contributed by atoms with Crippen LogP contribution in [-0.4, -0.2) is 12.9 Å². The van der Waals surface area contributed by atoms with Gasteiger partial charge in [0.05, 0.1) is 33.6 Å². The van der Waals surface area contributed by atoms with Gasteiger partial charge >= 0.3 is 0 Å². The van der Waals surface area contributed by atoms with E-state index in [2.05, 4.69) is 67.7 Å². The van der Waals surface area contributed by atoms with Crippen molar-refractivity contribution in [2.24, 2.45) is 11.1 Å². The Labute approximate surface area is 275 Å². The number of allylic oxidation sites excluding steroid dienone is 3. The van der Waals surface area contributed by atoms with Gasteiger partial charge in [-0.15, -0.1) is 0 Å². The van der Waals surface area contributed by atoms with E-state index in [0.717, 1.165) is 35.9 Å². The highest BCUT2D eigenvalue weighted by Gasteiger charge is 2.44. The van der Waals surface area contributed by atoms with E-state index in [1.807, 2.05) is 47.4 Å². The van der Waals surface area contributed by atoms with Gasteiger partial charge in [-0.05, 0) is 97.8 Å². The summed E-state index contributed by atoms with van der Waals surface area (Å²) < 4.78 is 14.3. The topological polar surface area (TPSA) is 88.6 Å². The zero-order valence-electron chi connectivity index (χ0n) is 23.1. The van der Waals surface area contributed by atoms with Crippen molar-refractivity contribution in [3.8, 4) is 17.6 Å². The fraction of sp³-hybridized carbons (Fsp3) is 0.250. The van der Waals surface area contributed by atoms with Crippen molar-refractivity contribution in [3.05, 3.63) is 107 Å². The first-order valence-electron chi connectivity index (χ1n) is 13.1. The summed E-state index contributed by atoms with van der Waals surface area (Å²) in [6.45, 7) is 4.34. The molecule has 216 valence electrons. The molecular weight excluding hydrogens is 750 g/mol. The lowest BCUT2D eigenvalue weighted by Crippen LogP contribution is -2.42. The summed E-state index contributed by atoms with van der Waals surface area (Å²) in [4.78, 5) is 15.7. The van der Waals surface area contributed by atoms with Gasteiger partial charge in [0.1, 0.15) is 23.9 Å². The Morgan fingerprint density at radius 1 is 1.07 bits per heavy atom. The number of nitriles is 1. The molecule has 3 aromatic rings. The highest BCUT2D eigenvalue weighted by atomic mass is 79.9. The number of rotatable bonds is 6. The van der Waals surface area contributed by atoms with Gasteiger partial charge < -0.3 is 15.2 Å². The molecule has 0 saturated heterocycles. The molecule has 2 aliphatic rings. The van der Waals surface area contributed by atoms with E-state index < -0.39 is 5.92 Å². The zero-order chi connectivity index (χ0) is 30.3. The predicted molar refractivity (Wildman–Crippen MR) is 175 cm³/mol. The van der Waals surface area contributed by atoms with Crippen molar-refractivity contribution in [1.29, 1.82) is 5.26 Å². The van der Waals surface area contributed by atoms with Crippen LogP contribution in [0.5, 0.6) is 11.5 Å². The first kappa shape index (κ1) is 30.7. The van der Waals surface area contributed by atoms with Crippen molar-refractivity contribution < 1.29 is 14.3 Å². The third kappa shape index (κ3) is 5.87. The Hall–Kier alpha value is -2.77. The van der Waals surface area contributed by atoms with Gasteiger partial charge in [0, 0.05) is 38.4 Å². The highest BCUT2D eigenvalue weighted by Crippen LogP contribution is 2.50. The quantitative estimate of drug-likeness (QED) is 0.269. The smallest absolute Gasteiger partial charge is 0.162 e. The number of anilines is 1. The Bertz CT molecular complexity index is 1670. The monoisotopic (exact) mass is 773 g/mol. The van der Waals surface area contributed by atoms with Crippen molar-refractivity contribution >= 4 is 70.9 Å². The fourth-order valence-electron chi connectivity index (χ4n) is 5.63. The minimum atomic E-state index is -0.632. The third-order valence-electron chi connectivity index (χ3n) is 7.44. The molecule has 42 heavy (non-hydrogen) atoms. The summed E-state index contributed by atoms with van der Waals surface area (Å²) >= 11 is 16.8. The van der Waals surface area contributed by atoms with E-state index in [9.17, 15) is 10.1 Å². The first-order valence-corrected chi connectivity index (χ1v) is 15.9. The van der Waals surface area contributed by atoms with E-state index in [4.69, 9.17) is 26.8 Å². The number of benzene rings is 3. The summed E-state index contributed by atoms with van der Waals surface area (Å²) in [6.07, 6.45) is 0.984. The molecule has 0 bridgehead atoms. The maximum Gasteiger partial charge on any atom is 0.162 e. The number of Topliss-reactive ketones (excluding diaryl/α,β-unsaturated/α-hetero) is 1. The van der Waals surface area contributed by atoms with Crippen molar-refractivity contribution in [2.45, 2.75) is 39.2 Å². The molecule has 0 saturated carbocycles. The second-order valence-corrected chi connectivity index (χ2v) is 14.1. The molecule has 2 N–H and O–H groups in total. The Morgan fingerprint density at radius 3 is 2.36 bits per heavy atom. The molecule has 0 spiro atoms. The molecule has 0 radical (unpaired) electrons.